The van der Waals surface area contributed by atoms with Crippen molar-refractivity contribution >= 4 is 0 Å². The van der Waals surface area contributed by atoms with Crippen LogP contribution >= 0.6 is 0 Å². The molecule has 0 bridgehead atoms. The van der Waals surface area contributed by atoms with Crippen LogP contribution in [0.4, 0.5) is 0 Å². The quantitative estimate of drug-likeness (QED) is 0.723. The minimum absolute atomic E-state index is 0.733. The Labute approximate surface area is 93.6 Å². The summed E-state index contributed by atoms with van der Waals surface area (Å²) in [6, 6.07) is 1.51. The molecular weight excluding hydrogens is 186 g/mol. The van der Waals surface area contributed by atoms with Gasteiger partial charge in [0.1, 0.15) is 0 Å². The fraction of sp³-hybridized carbons (Fsp3) is 1.00. The van der Waals surface area contributed by atoms with Crippen LogP contribution in [0.25, 0.3) is 0 Å². The minimum atomic E-state index is 0.733. The van der Waals surface area contributed by atoms with Crippen LogP contribution in [0.1, 0.15) is 32.6 Å². The van der Waals surface area contributed by atoms with Crippen LogP contribution in [-0.2, 0) is 0 Å². The van der Waals surface area contributed by atoms with E-state index in [1.807, 2.05) is 0 Å². The molecule has 3 heteroatoms. The van der Waals surface area contributed by atoms with Crippen molar-refractivity contribution in [3.05, 3.63) is 0 Å². The Balaban J connectivity index is 1.67. The summed E-state index contributed by atoms with van der Waals surface area (Å²) in [7, 11) is 0. The van der Waals surface area contributed by atoms with Crippen LogP contribution in [0, 0.1) is 0 Å². The van der Waals surface area contributed by atoms with E-state index in [9.17, 15) is 0 Å². The predicted molar refractivity (Wildman–Crippen MR) is 64.2 cm³/mol. The molecule has 0 aromatic rings. The Hall–Kier alpha value is -0.120. The van der Waals surface area contributed by atoms with Gasteiger partial charge in [-0.05, 0) is 51.9 Å². The van der Waals surface area contributed by atoms with Gasteiger partial charge in [-0.3, -0.25) is 0 Å². The van der Waals surface area contributed by atoms with E-state index in [-0.39, 0.29) is 0 Å². The van der Waals surface area contributed by atoms with Gasteiger partial charge in [0.25, 0.3) is 0 Å². The van der Waals surface area contributed by atoms with Crippen LogP contribution in [0.3, 0.4) is 0 Å². The lowest BCUT2D eigenvalue weighted by atomic mass is 10.0. The second-order valence-corrected chi connectivity index (χ2v) is 4.92. The Morgan fingerprint density at radius 3 is 2.60 bits per heavy atom. The molecule has 2 N–H and O–H groups in total. The smallest absolute Gasteiger partial charge is 0.0195 e. The normalized spacial score (nSPS) is 30.6. The third kappa shape index (κ3) is 3.44. The first-order valence-corrected chi connectivity index (χ1v) is 6.57. The molecule has 2 fully saturated rings. The predicted octanol–water partition coefficient (Wildman–Crippen LogP) is 0.812. The number of hydrogen-bond donors (Lipinski definition) is 2. The van der Waals surface area contributed by atoms with Gasteiger partial charge in [0.2, 0.25) is 0 Å². The zero-order valence-corrected chi connectivity index (χ0v) is 9.97. The zero-order valence-electron chi connectivity index (χ0n) is 9.97. The summed E-state index contributed by atoms with van der Waals surface area (Å²) >= 11 is 0. The fourth-order valence-electron chi connectivity index (χ4n) is 2.74. The van der Waals surface area contributed by atoms with Gasteiger partial charge in [-0.25, -0.2) is 0 Å². The molecule has 1 atom stereocenters. The van der Waals surface area contributed by atoms with Crippen LogP contribution in [-0.4, -0.2) is 49.7 Å². The Kier molecular flexibility index (Phi) is 4.42. The molecule has 2 rings (SSSR count). The van der Waals surface area contributed by atoms with Gasteiger partial charge in [-0.2, -0.15) is 0 Å². The Morgan fingerprint density at radius 2 is 2.00 bits per heavy atom. The molecule has 0 radical (unpaired) electrons. The first kappa shape index (κ1) is 11.4. The number of piperidine rings is 2. The lowest BCUT2D eigenvalue weighted by Crippen LogP contribution is -2.50. The number of hydrogen-bond acceptors (Lipinski definition) is 3. The minimum Gasteiger partial charge on any atom is -0.315 e. The molecule has 0 aliphatic carbocycles. The Morgan fingerprint density at radius 1 is 1.20 bits per heavy atom. The SMILES string of the molecule is CCN1CCC(NC2CCCNC2)CC1. The first-order valence-electron chi connectivity index (χ1n) is 6.57. The maximum atomic E-state index is 3.81. The highest BCUT2D eigenvalue weighted by molar-refractivity contribution is 4.83. The summed E-state index contributed by atoms with van der Waals surface area (Å²) < 4.78 is 0. The van der Waals surface area contributed by atoms with E-state index < -0.39 is 0 Å². The van der Waals surface area contributed by atoms with Crippen LogP contribution < -0.4 is 10.6 Å². The third-order valence-corrected chi connectivity index (χ3v) is 3.80. The van der Waals surface area contributed by atoms with Crippen molar-refractivity contribution in [2.75, 3.05) is 32.7 Å². The molecule has 0 saturated carbocycles. The van der Waals surface area contributed by atoms with Crippen molar-refractivity contribution in [3.8, 4) is 0 Å². The zero-order chi connectivity index (χ0) is 10.5. The van der Waals surface area contributed by atoms with Crippen molar-refractivity contribution in [1.82, 2.24) is 15.5 Å². The molecule has 3 nitrogen and oxygen atoms in total. The van der Waals surface area contributed by atoms with Gasteiger partial charge >= 0.3 is 0 Å². The largest absolute Gasteiger partial charge is 0.315 e. The molecule has 0 aromatic heterocycles. The van der Waals surface area contributed by atoms with Crippen LogP contribution in [0.5, 0.6) is 0 Å². The van der Waals surface area contributed by atoms with E-state index >= 15 is 0 Å². The first-order chi connectivity index (χ1) is 7.38. The molecule has 15 heavy (non-hydrogen) atoms. The summed E-state index contributed by atoms with van der Waals surface area (Å²) in [6.45, 7) is 8.44. The molecule has 0 aromatic carbocycles. The second-order valence-electron chi connectivity index (χ2n) is 4.92. The van der Waals surface area contributed by atoms with Gasteiger partial charge in [-0.15, -0.1) is 0 Å². The average Bonchev–Trinajstić information content (AvgIpc) is 2.31. The third-order valence-electron chi connectivity index (χ3n) is 3.80. The second kappa shape index (κ2) is 5.83. The monoisotopic (exact) mass is 211 g/mol. The highest BCUT2D eigenvalue weighted by Crippen LogP contribution is 2.12. The van der Waals surface area contributed by atoms with Crippen molar-refractivity contribution in [1.29, 1.82) is 0 Å². The van der Waals surface area contributed by atoms with E-state index in [0.717, 1.165) is 12.1 Å². The lowest BCUT2D eigenvalue weighted by Gasteiger charge is -2.35. The highest BCUT2D eigenvalue weighted by atomic mass is 15.1. The van der Waals surface area contributed by atoms with E-state index in [4.69, 9.17) is 0 Å². The van der Waals surface area contributed by atoms with Crippen molar-refractivity contribution in [3.63, 3.8) is 0 Å². The lowest BCUT2D eigenvalue weighted by molar-refractivity contribution is 0.193. The van der Waals surface area contributed by atoms with Gasteiger partial charge in [0.05, 0.1) is 0 Å². The fourth-order valence-corrected chi connectivity index (χ4v) is 2.74. The van der Waals surface area contributed by atoms with E-state index in [1.54, 1.807) is 0 Å². The summed E-state index contributed by atoms with van der Waals surface area (Å²) in [4.78, 5) is 2.55. The molecule has 2 aliphatic heterocycles. The van der Waals surface area contributed by atoms with Gasteiger partial charge in [0.15, 0.2) is 0 Å². The van der Waals surface area contributed by atoms with Crippen molar-refractivity contribution in [2.24, 2.45) is 0 Å². The molecule has 0 amide bonds. The molecule has 2 aliphatic rings. The number of nitrogens with one attached hydrogen (secondary N) is 2. The van der Waals surface area contributed by atoms with Crippen LogP contribution in [0.2, 0.25) is 0 Å². The number of likely N-dealkylation sites (tertiary alicyclic amines) is 1. The van der Waals surface area contributed by atoms with Crippen molar-refractivity contribution < 1.29 is 0 Å². The summed E-state index contributed by atoms with van der Waals surface area (Å²) in [5, 5.41) is 7.28. The summed E-state index contributed by atoms with van der Waals surface area (Å²) in [5.41, 5.74) is 0. The average molecular weight is 211 g/mol. The molecule has 88 valence electrons. The van der Waals surface area contributed by atoms with E-state index in [2.05, 4.69) is 22.5 Å². The molecule has 2 saturated heterocycles. The number of nitrogens with zero attached hydrogens (tertiary/aromatic N) is 1. The molecular formula is C12H25N3. The highest BCUT2D eigenvalue weighted by Gasteiger charge is 2.21. The standard InChI is InChI=1S/C12H25N3/c1-2-15-8-5-11(6-9-15)14-12-4-3-7-13-10-12/h11-14H,2-10H2,1H3. The molecule has 0 spiro atoms. The maximum Gasteiger partial charge on any atom is 0.0195 e. The van der Waals surface area contributed by atoms with Crippen molar-refractivity contribution in [2.45, 2.75) is 44.7 Å². The van der Waals surface area contributed by atoms with E-state index in [0.29, 0.717) is 0 Å². The van der Waals surface area contributed by atoms with Crippen LogP contribution in [0.15, 0.2) is 0 Å². The topological polar surface area (TPSA) is 27.3 Å². The maximum absolute atomic E-state index is 3.81. The molecule has 2 heterocycles. The summed E-state index contributed by atoms with van der Waals surface area (Å²) in [6.07, 6.45) is 5.38. The van der Waals surface area contributed by atoms with Gasteiger partial charge in [-0.1, -0.05) is 6.92 Å². The van der Waals surface area contributed by atoms with Gasteiger partial charge < -0.3 is 15.5 Å². The Bertz CT molecular complexity index is 170. The van der Waals surface area contributed by atoms with E-state index in [1.165, 1.54) is 58.4 Å². The molecule has 1 unspecified atom stereocenters. The summed E-state index contributed by atoms with van der Waals surface area (Å²) in [5.74, 6) is 0. The number of rotatable bonds is 3. The van der Waals surface area contributed by atoms with Gasteiger partial charge in [0, 0.05) is 18.6 Å².